The summed E-state index contributed by atoms with van der Waals surface area (Å²) in [5.74, 6) is -0.156. The summed E-state index contributed by atoms with van der Waals surface area (Å²) in [6.07, 6.45) is 2.18. The highest BCUT2D eigenvalue weighted by molar-refractivity contribution is 7.17. The summed E-state index contributed by atoms with van der Waals surface area (Å²) < 4.78 is 5.59. The molecule has 0 saturated carbocycles. The maximum atomic E-state index is 13.2. The summed E-state index contributed by atoms with van der Waals surface area (Å²) in [6, 6.07) is 18.2. The zero-order valence-corrected chi connectivity index (χ0v) is 22.1. The molecule has 3 heterocycles. The molecule has 4 N–H and O–H groups in total. The molecule has 1 unspecified atom stereocenters. The Balaban J connectivity index is 1.23. The Labute approximate surface area is 222 Å². The monoisotopic (exact) mass is 518 g/mol. The van der Waals surface area contributed by atoms with Gasteiger partial charge in [0.05, 0.1) is 23.1 Å². The molecule has 2 saturated heterocycles. The molecule has 8 heteroatoms. The maximum Gasteiger partial charge on any atom is 0.261 e. The normalized spacial score (nSPS) is 18.2. The topological polar surface area (TPSA) is 91.5 Å². The second-order valence-corrected chi connectivity index (χ2v) is 10.9. The average Bonchev–Trinajstić information content (AvgIpc) is 3.58. The highest BCUT2D eigenvalue weighted by atomic mass is 32.1. The fraction of sp³-hybridized carbons (Fsp3) is 0.379. The molecule has 2 aromatic carbocycles. The molecule has 2 aliphatic heterocycles. The van der Waals surface area contributed by atoms with Crippen molar-refractivity contribution in [2.24, 2.45) is 0 Å². The number of benzene rings is 2. The minimum absolute atomic E-state index is 0.0656. The maximum absolute atomic E-state index is 13.2. The highest BCUT2D eigenvalue weighted by Crippen LogP contribution is 2.30. The van der Waals surface area contributed by atoms with Crippen LogP contribution in [0.2, 0.25) is 0 Å². The zero-order valence-electron chi connectivity index (χ0n) is 21.3. The highest BCUT2D eigenvalue weighted by Gasteiger charge is 2.20. The van der Waals surface area contributed by atoms with E-state index in [1.807, 2.05) is 62.4 Å². The number of carbonyl (C=O) groups is 2. The van der Waals surface area contributed by atoms with Gasteiger partial charge in [-0.2, -0.15) is 0 Å². The standard InChI is InChI=1S/C29H34N4O3S/c1-18-8-9-22(33-23-15-30-16-23)14-25(18)28(34)32-19(2)20-5-3-6-21(13-20)26-10-11-27(37-26)29(35)31-17-24-7-4-12-36-24/h3,5-6,8-11,13-14,19,23-24,30,33H,4,7,12,15-17H2,1-2H3,(H,31,35)(H,32,34)/t19?,24-/m1/s1. The van der Waals surface area contributed by atoms with Gasteiger partial charge in [0.25, 0.3) is 11.8 Å². The first-order valence-electron chi connectivity index (χ1n) is 12.9. The lowest BCUT2D eigenvalue weighted by atomic mass is 10.0. The minimum Gasteiger partial charge on any atom is -0.380 e. The zero-order chi connectivity index (χ0) is 25.8. The van der Waals surface area contributed by atoms with Crippen LogP contribution in [0, 0.1) is 6.92 Å². The SMILES string of the molecule is Cc1ccc(NC2CNC2)cc1C(=O)NC(C)c1cccc(-c2ccc(C(=O)NC[C@H]3CCCO3)s2)c1. The van der Waals surface area contributed by atoms with E-state index in [1.54, 1.807) is 0 Å². The third-order valence-corrected chi connectivity index (χ3v) is 8.13. The molecule has 0 radical (unpaired) electrons. The number of hydrogen-bond donors (Lipinski definition) is 4. The number of thiophene rings is 1. The second kappa shape index (κ2) is 11.5. The van der Waals surface area contributed by atoms with Crippen LogP contribution in [0.5, 0.6) is 0 Å². The summed E-state index contributed by atoms with van der Waals surface area (Å²) in [5.41, 5.74) is 4.62. The molecule has 2 atom stereocenters. The van der Waals surface area contributed by atoms with E-state index in [0.29, 0.717) is 23.0 Å². The van der Waals surface area contributed by atoms with Crippen LogP contribution in [-0.2, 0) is 4.74 Å². The number of rotatable bonds is 9. The number of amides is 2. The van der Waals surface area contributed by atoms with E-state index in [-0.39, 0.29) is 24.0 Å². The van der Waals surface area contributed by atoms with Gasteiger partial charge in [0, 0.05) is 42.4 Å². The summed E-state index contributed by atoms with van der Waals surface area (Å²) in [4.78, 5) is 27.5. The molecule has 0 bridgehead atoms. The first kappa shape index (κ1) is 25.4. The molecule has 1 aromatic heterocycles. The Morgan fingerprint density at radius 1 is 1.11 bits per heavy atom. The molecule has 0 aliphatic carbocycles. The molecule has 2 amide bonds. The molecule has 7 nitrogen and oxygen atoms in total. The van der Waals surface area contributed by atoms with Gasteiger partial charge in [-0.3, -0.25) is 9.59 Å². The van der Waals surface area contributed by atoms with Gasteiger partial charge in [-0.1, -0.05) is 24.3 Å². The van der Waals surface area contributed by atoms with Crippen LogP contribution in [0.4, 0.5) is 5.69 Å². The lowest BCUT2D eigenvalue weighted by Crippen LogP contribution is -2.51. The van der Waals surface area contributed by atoms with Gasteiger partial charge in [0.2, 0.25) is 0 Å². The van der Waals surface area contributed by atoms with Crippen molar-refractivity contribution in [2.75, 3.05) is 31.6 Å². The Hall–Kier alpha value is -3.20. The Kier molecular flexibility index (Phi) is 7.88. The molecular formula is C29H34N4O3S. The van der Waals surface area contributed by atoms with Crippen LogP contribution >= 0.6 is 11.3 Å². The van der Waals surface area contributed by atoms with E-state index >= 15 is 0 Å². The fourth-order valence-electron chi connectivity index (χ4n) is 4.62. The number of anilines is 1. The van der Waals surface area contributed by atoms with E-state index in [1.165, 1.54) is 11.3 Å². The average molecular weight is 519 g/mol. The first-order valence-corrected chi connectivity index (χ1v) is 13.8. The smallest absolute Gasteiger partial charge is 0.261 e. The quantitative estimate of drug-likeness (QED) is 0.335. The van der Waals surface area contributed by atoms with E-state index in [4.69, 9.17) is 4.74 Å². The third kappa shape index (κ3) is 6.21. The van der Waals surface area contributed by atoms with Gasteiger partial charge in [-0.25, -0.2) is 0 Å². The van der Waals surface area contributed by atoms with Crippen molar-refractivity contribution in [1.29, 1.82) is 0 Å². The van der Waals surface area contributed by atoms with Crippen LogP contribution in [0.15, 0.2) is 54.6 Å². The predicted molar refractivity (Wildman–Crippen MR) is 148 cm³/mol. The number of aryl methyl sites for hydroxylation is 1. The van der Waals surface area contributed by atoms with Gasteiger partial charge in [-0.15, -0.1) is 11.3 Å². The summed E-state index contributed by atoms with van der Waals surface area (Å²) in [5, 5.41) is 12.9. The van der Waals surface area contributed by atoms with Crippen molar-refractivity contribution >= 4 is 28.8 Å². The van der Waals surface area contributed by atoms with E-state index in [0.717, 1.165) is 59.8 Å². The van der Waals surface area contributed by atoms with E-state index in [2.05, 4.69) is 27.3 Å². The van der Waals surface area contributed by atoms with Gasteiger partial charge in [-0.05, 0) is 73.7 Å². The van der Waals surface area contributed by atoms with Crippen molar-refractivity contribution < 1.29 is 14.3 Å². The van der Waals surface area contributed by atoms with Gasteiger partial charge < -0.3 is 26.0 Å². The van der Waals surface area contributed by atoms with Crippen LogP contribution < -0.4 is 21.3 Å². The molecule has 5 rings (SSSR count). The van der Waals surface area contributed by atoms with Crippen molar-refractivity contribution in [2.45, 2.75) is 44.9 Å². The van der Waals surface area contributed by atoms with E-state index in [9.17, 15) is 9.59 Å². The lowest BCUT2D eigenvalue weighted by molar-refractivity contribution is 0.0860. The molecule has 2 fully saturated rings. The molecule has 194 valence electrons. The molecule has 37 heavy (non-hydrogen) atoms. The van der Waals surface area contributed by atoms with Crippen LogP contribution in [0.1, 0.15) is 57.0 Å². The largest absolute Gasteiger partial charge is 0.380 e. The Morgan fingerprint density at radius 2 is 1.97 bits per heavy atom. The Morgan fingerprint density at radius 3 is 2.73 bits per heavy atom. The van der Waals surface area contributed by atoms with Crippen molar-refractivity contribution in [3.05, 3.63) is 76.2 Å². The molecule has 0 spiro atoms. The van der Waals surface area contributed by atoms with Gasteiger partial charge in [0.1, 0.15) is 0 Å². The number of ether oxygens (including phenoxy) is 1. The number of carbonyl (C=O) groups excluding carboxylic acids is 2. The van der Waals surface area contributed by atoms with Crippen molar-refractivity contribution in [1.82, 2.24) is 16.0 Å². The van der Waals surface area contributed by atoms with Crippen LogP contribution in [-0.4, -0.2) is 50.2 Å². The third-order valence-electron chi connectivity index (χ3n) is 7.00. The molecule has 2 aliphatic rings. The summed E-state index contributed by atoms with van der Waals surface area (Å²) >= 11 is 1.47. The number of nitrogens with one attached hydrogen (secondary N) is 4. The second-order valence-electron chi connectivity index (χ2n) is 9.86. The fourth-order valence-corrected chi connectivity index (χ4v) is 5.53. The molecule has 3 aromatic rings. The number of hydrogen-bond acceptors (Lipinski definition) is 6. The summed E-state index contributed by atoms with van der Waals surface area (Å²) in [6.45, 7) is 7.16. The van der Waals surface area contributed by atoms with Crippen LogP contribution in [0.25, 0.3) is 10.4 Å². The lowest BCUT2D eigenvalue weighted by Gasteiger charge is -2.29. The van der Waals surface area contributed by atoms with Crippen molar-refractivity contribution in [3.8, 4) is 10.4 Å². The van der Waals surface area contributed by atoms with E-state index < -0.39 is 0 Å². The summed E-state index contributed by atoms with van der Waals surface area (Å²) in [7, 11) is 0. The minimum atomic E-state index is -0.173. The van der Waals surface area contributed by atoms with Gasteiger partial charge >= 0.3 is 0 Å². The van der Waals surface area contributed by atoms with Crippen molar-refractivity contribution in [3.63, 3.8) is 0 Å². The predicted octanol–water partition coefficient (Wildman–Crippen LogP) is 4.51. The van der Waals surface area contributed by atoms with Crippen LogP contribution in [0.3, 0.4) is 0 Å². The Bertz CT molecular complexity index is 1260. The molecular weight excluding hydrogens is 484 g/mol. The first-order chi connectivity index (χ1) is 18.0. The van der Waals surface area contributed by atoms with Gasteiger partial charge in [0.15, 0.2) is 0 Å².